The van der Waals surface area contributed by atoms with Gasteiger partial charge in [0.05, 0.1) is 6.61 Å². The highest BCUT2D eigenvalue weighted by Crippen LogP contribution is 2.33. The largest absolute Gasteiger partial charge is 0.491 e. The molecule has 1 atom stereocenters. The molecule has 0 unspecified atom stereocenters. The fraction of sp³-hybridized carbons (Fsp3) is 0.263. The summed E-state index contributed by atoms with van der Waals surface area (Å²) in [6, 6.07) is 13.7. The second-order valence-corrected chi connectivity index (χ2v) is 5.80. The molecule has 0 spiro atoms. The maximum absolute atomic E-state index is 13.0. The SMILES string of the molecule is COCCOc1cccc(C(=O)N2c3ccccc3C[C@H]2C(N)=O)c1. The molecular weight excluding hydrogens is 320 g/mol. The van der Waals surface area contributed by atoms with Gasteiger partial charge in [0.25, 0.3) is 5.91 Å². The van der Waals surface area contributed by atoms with Gasteiger partial charge in [0.1, 0.15) is 18.4 Å². The van der Waals surface area contributed by atoms with Gasteiger partial charge in [0.15, 0.2) is 0 Å². The van der Waals surface area contributed by atoms with Gasteiger partial charge in [-0.3, -0.25) is 14.5 Å². The fourth-order valence-corrected chi connectivity index (χ4v) is 2.97. The molecule has 0 saturated heterocycles. The molecular formula is C19H20N2O4. The van der Waals surface area contributed by atoms with Gasteiger partial charge in [-0.25, -0.2) is 0 Å². The molecule has 25 heavy (non-hydrogen) atoms. The number of hydrogen-bond acceptors (Lipinski definition) is 4. The van der Waals surface area contributed by atoms with E-state index >= 15 is 0 Å². The summed E-state index contributed by atoms with van der Waals surface area (Å²) in [7, 11) is 1.60. The van der Waals surface area contributed by atoms with Crippen molar-refractivity contribution in [2.75, 3.05) is 25.2 Å². The van der Waals surface area contributed by atoms with Crippen molar-refractivity contribution in [3.63, 3.8) is 0 Å². The van der Waals surface area contributed by atoms with E-state index in [1.807, 2.05) is 24.3 Å². The topological polar surface area (TPSA) is 81.9 Å². The molecule has 6 nitrogen and oxygen atoms in total. The summed E-state index contributed by atoms with van der Waals surface area (Å²) >= 11 is 0. The van der Waals surface area contributed by atoms with Crippen LogP contribution in [0.1, 0.15) is 15.9 Å². The van der Waals surface area contributed by atoms with Crippen LogP contribution in [0.3, 0.4) is 0 Å². The van der Waals surface area contributed by atoms with Crippen LogP contribution in [0.25, 0.3) is 0 Å². The number of methoxy groups -OCH3 is 1. The number of anilines is 1. The Hall–Kier alpha value is -2.86. The summed E-state index contributed by atoms with van der Waals surface area (Å²) in [6.07, 6.45) is 0.432. The molecule has 1 heterocycles. The van der Waals surface area contributed by atoms with Crippen LogP contribution in [0, 0.1) is 0 Å². The Balaban J connectivity index is 1.88. The van der Waals surface area contributed by atoms with Gasteiger partial charge in [-0.2, -0.15) is 0 Å². The standard InChI is InChI=1S/C19H20N2O4/c1-24-9-10-25-15-7-4-6-14(11-15)19(23)21-16-8-3-2-5-13(16)12-17(21)18(20)22/h2-8,11,17H,9-10,12H2,1H3,(H2,20,22)/t17-/m0/s1. The summed E-state index contributed by atoms with van der Waals surface area (Å²) in [5.41, 5.74) is 7.63. The van der Waals surface area contributed by atoms with Gasteiger partial charge in [-0.15, -0.1) is 0 Å². The van der Waals surface area contributed by atoms with Gasteiger partial charge in [-0.1, -0.05) is 24.3 Å². The predicted molar refractivity (Wildman–Crippen MR) is 93.8 cm³/mol. The second-order valence-electron chi connectivity index (χ2n) is 5.80. The van der Waals surface area contributed by atoms with E-state index in [2.05, 4.69) is 0 Å². The van der Waals surface area contributed by atoms with Crippen molar-refractivity contribution in [2.45, 2.75) is 12.5 Å². The Kier molecular flexibility index (Phi) is 5.00. The van der Waals surface area contributed by atoms with E-state index in [0.717, 1.165) is 11.3 Å². The van der Waals surface area contributed by atoms with Gasteiger partial charge in [0.2, 0.25) is 5.91 Å². The Morgan fingerprint density at radius 1 is 1.16 bits per heavy atom. The van der Waals surface area contributed by atoms with E-state index in [1.165, 1.54) is 4.90 Å². The normalized spacial score (nSPS) is 15.7. The maximum atomic E-state index is 13.0. The number of carbonyl (C=O) groups is 2. The molecule has 6 heteroatoms. The molecule has 2 N–H and O–H groups in total. The maximum Gasteiger partial charge on any atom is 0.259 e. The molecule has 0 aliphatic carbocycles. The monoisotopic (exact) mass is 340 g/mol. The number of nitrogens with zero attached hydrogens (tertiary/aromatic N) is 1. The van der Waals surface area contributed by atoms with E-state index in [1.54, 1.807) is 31.4 Å². The van der Waals surface area contributed by atoms with Gasteiger partial charge >= 0.3 is 0 Å². The number of benzene rings is 2. The van der Waals surface area contributed by atoms with Crippen LogP contribution < -0.4 is 15.4 Å². The Labute approximate surface area is 146 Å². The number of ether oxygens (including phenoxy) is 2. The van der Waals surface area contributed by atoms with Crippen LogP contribution in [0.5, 0.6) is 5.75 Å². The molecule has 1 aliphatic rings. The zero-order valence-corrected chi connectivity index (χ0v) is 14.0. The van der Waals surface area contributed by atoms with Crippen LogP contribution in [-0.4, -0.2) is 38.2 Å². The smallest absolute Gasteiger partial charge is 0.259 e. The third-order valence-electron chi connectivity index (χ3n) is 4.16. The summed E-state index contributed by atoms with van der Waals surface area (Å²) < 4.78 is 10.5. The summed E-state index contributed by atoms with van der Waals surface area (Å²) in [5.74, 6) is -0.214. The molecule has 0 radical (unpaired) electrons. The lowest BCUT2D eigenvalue weighted by molar-refractivity contribution is -0.119. The predicted octanol–water partition coefficient (Wildman–Crippen LogP) is 1.77. The Bertz CT molecular complexity index is 790. The highest BCUT2D eigenvalue weighted by molar-refractivity contribution is 6.11. The molecule has 0 fully saturated rings. The van der Waals surface area contributed by atoms with Crippen LogP contribution in [0.4, 0.5) is 5.69 Å². The highest BCUT2D eigenvalue weighted by Gasteiger charge is 2.37. The average Bonchev–Trinajstić information content (AvgIpc) is 3.01. The molecule has 2 amide bonds. The average molecular weight is 340 g/mol. The van der Waals surface area contributed by atoms with E-state index in [-0.39, 0.29) is 5.91 Å². The van der Waals surface area contributed by atoms with Crippen LogP contribution in [0.2, 0.25) is 0 Å². The molecule has 3 rings (SSSR count). The molecule has 0 bridgehead atoms. The van der Waals surface area contributed by atoms with Crippen molar-refractivity contribution >= 4 is 17.5 Å². The van der Waals surface area contributed by atoms with Crippen molar-refractivity contribution in [3.05, 3.63) is 59.7 Å². The number of nitrogens with two attached hydrogens (primary N) is 1. The van der Waals surface area contributed by atoms with Crippen molar-refractivity contribution < 1.29 is 19.1 Å². The highest BCUT2D eigenvalue weighted by atomic mass is 16.5. The number of amides is 2. The van der Waals surface area contributed by atoms with E-state index in [0.29, 0.717) is 30.9 Å². The Morgan fingerprint density at radius 2 is 1.96 bits per heavy atom. The molecule has 130 valence electrons. The van der Waals surface area contributed by atoms with Gasteiger partial charge < -0.3 is 15.2 Å². The third kappa shape index (κ3) is 3.49. The van der Waals surface area contributed by atoms with Crippen LogP contribution >= 0.6 is 0 Å². The first kappa shape index (κ1) is 17.0. The zero-order chi connectivity index (χ0) is 17.8. The molecule has 2 aromatic carbocycles. The number of carbonyl (C=O) groups excluding carboxylic acids is 2. The van der Waals surface area contributed by atoms with Gasteiger partial charge in [0, 0.05) is 24.8 Å². The molecule has 1 aliphatic heterocycles. The summed E-state index contributed by atoms with van der Waals surface area (Å²) in [6.45, 7) is 0.853. The quantitative estimate of drug-likeness (QED) is 0.813. The number of fused-ring (bicyclic) bond motifs is 1. The minimum absolute atomic E-state index is 0.272. The Morgan fingerprint density at radius 3 is 2.72 bits per heavy atom. The first-order chi connectivity index (χ1) is 12.1. The summed E-state index contributed by atoms with van der Waals surface area (Å²) in [5, 5.41) is 0. The fourth-order valence-electron chi connectivity index (χ4n) is 2.97. The zero-order valence-electron chi connectivity index (χ0n) is 14.0. The van der Waals surface area contributed by atoms with Crippen molar-refractivity contribution in [2.24, 2.45) is 5.73 Å². The number of rotatable bonds is 6. The van der Waals surface area contributed by atoms with E-state index in [4.69, 9.17) is 15.2 Å². The number of hydrogen-bond donors (Lipinski definition) is 1. The first-order valence-corrected chi connectivity index (χ1v) is 8.04. The van der Waals surface area contributed by atoms with E-state index < -0.39 is 11.9 Å². The lowest BCUT2D eigenvalue weighted by Gasteiger charge is -2.23. The van der Waals surface area contributed by atoms with Crippen molar-refractivity contribution in [1.29, 1.82) is 0 Å². The molecule has 2 aromatic rings. The van der Waals surface area contributed by atoms with Crippen molar-refractivity contribution in [1.82, 2.24) is 0 Å². The van der Waals surface area contributed by atoms with Gasteiger partial charge in [-0.05, 0) is 29.8 Å². The molecule has 0 aromatic heterocycles. The third-order valence-corrected chi connectivity index (χ3v) is 4.16. The van der Waals surface area contributed by atoms with Crippen molar-refractivity contribution in [3.8, 4) is 5.75 Å². The first-order valence-electron chi connectivity index (χ1n) is 8.04. The summed E-state index contributed by atoms with van der Waals surface area (Å²) in [4.78, 5) is 26.4. The lowest BCUT2D eigenvalue weighted by atomic mass is 10.1. The lowest BCUT2D eigenvalue weighted by Crippen LogP contribution is -2.46. The second kappa shape index (κ2) is 7.36. The number of primary amides is 1. The van der Waals surface area contributed by atoms with E-state index in [9.17, 15) is 9.59 Å². The van der Waals surface area contributed by atoms with Crippen LogP contribution in [0.15, 0.2) is 48.5 Å². The minimum atomic E-state index is -0.678. The molecule has 0 saturated carbocycles. The number of para-hydroxylation sites is 1. The van der Waals surface area contributed by atoms with Crippen LogP contribution in [-0.2, 0) is 16.0 Å². The minimum Gasteiger partial charge on any atom is -0.491 e.